The first-order valence-corrected chi connectivity index (χ1v) is 14.0. The number of nitrogens with one attached hydrogen (secondary N) is 1. The SMILES string of the molecule is CC(=O)OC(CC(=O)OC1CCC(Nc2cc(-n3cc(C)c4c3CCCC4=O)ccc2C(N)=O)CC1)CN(C)C. The number of nitrogens with zero attached hydrogens (tertiary/aromatic N) is 2. The number of ketones is 1. The molecule has 0 aliphatic heterocycles. The van der Waals surface area contributed by atoms with Crippen LogP contribution in [-0.4, -0.2) is 72.0 Å². The van der Waals surface area contributed by atoms with E-state index in [1.54, 1.807) is 6.07 Å². The molecule has 0 bridgehead atoms. The highest BCUT2D eigenvalue weighted by atomic mass is 16.6. The lowest BCUT2D eigenvalue weighted by Crippen LogP contribution is -2.35. The number of ether oxygens (including phenoxy) is 2. The molecule has 1 fully saturated rings. The lowest BCUT2D eigenvalue weighted by molar-refractivity contribution is -0.158. The number of rotatable bonds is 10. The van der Waals surface area contributed by atoms with E-state index in [1.165, 1.54) is 6.92 Å². The van der Waals surface area contributed by atoms with Crippen molar-refractivity contribution in [2.75, 3.05) is 26.0 Å². The summed E-state index contributed by atoms with van der Waals surface area (Å²) in [5.41, 5.74) is 10.4. The van der Waals surface area contributed by atoms with Crippen LogP contribution < -0.4 is 11.1 Å². The average Bonchev–Trinajstić information content (AvgIpc) is 3.21. The van der Waals surface area contributed by atoms with Crippen LogP contribution in [0.15, 0.2) is 24.4 Å². The normalized spacial score (nSPS) is 19.6. The van der Waals surface area contributed by atoms with Gasteiger partial charge < -0.3 is 30.0 Å². The average molecular weight is 553 g/mol. The monoisotopic (exact) mass is 552 g/mol. The fraction of sp³-hybridized carbons (Fsp3) is 0.533. The predicted molar refractivity (Wildman–Crippen MR) is 151 cm³/mol. The van der Waals surface area contributed by atoms with Gasteiger partial charge in [-0.3, -0.25) is 19.2 Å². The van der Waals surface area contributed by atoms with E-state index < -0.39 is 18.0 Å². The zero-order chi connectivity index (χ0) is 29.0. The fourth-order valence-corrected chi connectivity index (χ4v) is 5.85. The standard InChI is InChI=1S/C30H40N4O6/c1-18-16-34(26-6-5-7-27(36)29(18)26)21-10-13-24(30(31)38)25(14-21)32-20-8-11-22(12-9-20)40-28(37)15-23(17-33(3)4)39-19(2)35/h10,13-14,16,20,22-23,32H,5-9,11-12,15,17H2,1-4H3,(H2,31,38). The molecule has 0 saturated heterocycles. The van der Waals surface area contributed by atoms with Gasteiger partial charge in [0.05, 0.1) is 12.0 Å². The van der Waals surface area contributed by atoms with E-state index in [0.717, 1.165) is 48.2 Å². The Morgan fingerprint density at radius 2 is 1.88 bits per heavy atom. The number of primary amides is 1. The first-order chi connectivity index (χ1) is 19.0. The van der Waals surface area contributed by atoms with E-state index in [0.29, 0.717) is 37.1 Å². The third-order valence-electron chi connectivity index (χ3n) is 7.57. The molecular weight excluding hydrogens is 512 g/mol. The lowest BCUT2D eigenvalue weighted by Gasteiger charge is -2.30. The summed E-state index contributed by atoms with van der Waals surface area (Å²) in [6.07, 6.45) is 6.31. The summed E-state index contributed by atoms with van der Waals surface area (Å²) in [6, 6.07) is 5.59. The number of nitrogens with two attached hydrogens (primary N) is 1. The van der Waals surface area contributed by atoms with Crippen LogP contribution >= 0.6 is 0 Å². The summed E-state index contributed by atoms with van der Waals surface area (Å²) >= 11 is 0. The minimum Gasteiger partial charge on any atom is -0.462 e. The molecule has 1 aromatic carbocycles. The van der Waals surface area contributed by atoms with Crippen LogP contribution in [0.1, 0.15) is 83.8 Å². The summed E-state index contributed by atoms with van der Waals surface area (Å²) in [5.74, 6) is -1.14. The molecule has 1 aromatic heterocycles. The van der Waals surface area contributed by atoms with Crippen molar-refractivity contribution in [3.63, 3.8) is 0 Å². The number of esters is 2. The van der Waals surface area contributed by atoms with Crippen molar-refractivity contribution in [2.45, 2.75) is 83.5 Å². The minimum atomic E-state index is -0.551. The van der Waals surface area contributed by atoms with Crippen LogP contribution in [0.5, 0.6) is 0 Å². The van der Waals surface area contributed by atoms with E-state index in [1.807, 2.05) is 48.8 Å². The quantitative estimate of drug-likeness (QED) is 0.428. The number of carbonyl (C=O) groups is 4. The number of aromatic nitrogens is 1. The number of carbonyl (C=O) groups excluding carboxylic acids is 4. The molecule has 1 heterocycles. The molecule has 1 amide bonds. The molecule has 40 heavy (non-hydrogen) atoms. The van der Waals surface area contributed by atoms with E-state index in [2.05, 4.69) is 5.32 Å². The van der Waals surface area contributed by atoms with Crippen molar-refractivity contribution in [3.05, 3.63) is 46.8 Å². The van der Waals surface area contributed by atoms with E-state index in [-0.39, 0.29) is 30.3 Å². The number of aryl methyl sites for hydroxylation is 1. The number of likely N-dealkylation sites (N-methyl/N-ethyl adjacent to an activating group) is 1. The predicted octanol–water partition coefficient (Wildman–Crippen LogP) is 3.55. The van der Waals surface area contributed by atoms with E-state index in [9.17, 15) is 19.2 Å². The van der Waals surface area contributed by atoms with Crippen molar-refractivity contribution in [3.8, 4) is 5.69 Å². The van der Waals surface area contributed by atoms with Gasteiger partial charge in [-0.1, -0.05) is 0 Å². The Morgan fingerprint density at radius 1 is 1.15 bits per heavy atom. The molecule has 2 aliphatic rings. The van der Waals surface area contributed by atoms with Crippen molar-refractivity contribution in [2.24, 2.45) is 5.73 Å². The van der Waals surface area contributed by atoms with Crippen molar-refractivity contribution >= 4 is 29.3 Å². The number of amides is 1. The highest BCUT2D eigenvalue weighted by molar-refractivity contribution is 6.00. The van der Waals surface area contributed by atoms with Gasteiger partial charge >= 0.3 is 11.9 Å². The Hall–Kier alpha value is -3.66. The molecule has 1 unspecified atom stereocenters. The lowest BCUT2D eigenvalue weighted by atomic mass is 9.92. The van der Waals surface area contributed by atoms with Crippen molar-refractivity contribution in [1.82, 2.24) is 9.47 Å². The number of benzene rings is 1. The van der Waals surface area contributed by atoms with Gasteiger partial charge in [0.15, 0.2) is 5.78 Å². The highest BCUT2D eigenvalue weighted by Gasteiger charge is 2.28. The van der Waals surface area contributed by atoms with Crippen LogP contribution in [0, 0.1) is 6.92 Å². The number of hydrogen-bond donors (Lipinski definition) is 2. The molecule has 4 rings (SSSR count). The minimum absolute atomic E-state index is 0.0128. The molecule has 2 aromatic rings. The van der Waals surface area contributed by atoms with Crippen LogP contribution in [0.3, 0.4) is 0 Å². The second kappa shape index (κ2) is 12.7. The molecule has 2 aliphatic carbocycles. The topological polar surface area (TPSA) is 133 Å². The maximum atomic E-state index is 12.6. The van der Waals surface area contributed by atoms with Crippen LogP contribution in [0.4, 0.5) is 5.69 Å². The first-order valence-electron chi connectivity index (χ1n) is 14.0. The van der Waals surface area contributed by atoms with Gasteiger partial charge in [-0.05, 0) is 83.3 Å². The Labute approximate surface area is 235 Å². The van der Waals surface area contributed by atoms with Crippen LogP contribution in [0.2, 0.25) is 0 Å². The molecule has 3 N–H and O–H groups in total. The molecule has 1 atom stereocenters. The van der Waals surface area contributed by atoms with Gasteiger partial charge in [0.25, 0.3) is 5.91 Å². The van der Waals surface area contributed by atoms with E-state index in [4.69, 9.17) is 15.2 Å². The van der Waals surface area contributed by atoms with Crippen LogP contribution in [-0.2, 0) is 25.5 Å². The second-order valence-corrected chi connectivity index (χ2v) is 11.2. The summed E-state index contributed by atoms with van der Waals surface area (Å²) in [5, 5.41) is 3.50. The Kier molecular flexibility index (Phi) is 9.29. The third-order valence-corrected chi connectivity index (χ3v) is 7.57. The van der Waals surface area contributed by atoms with E-state index >= 15 is 0 Å². The van der Waals surface area contributed by atoms with Gasteiger partial charge in [-0.2, -0.15) is 0 Å². The summed E-state index contributed by atoms with van der Waals surface area (Å²) in [4.78, 5) is 50.5. The second-order valence-electron chi connectivity index (χ2n) is 11.2. The number of fused-ring (bicyclic) bond motifs is 1. The zero-order valence-corrected chi connectivity index (χ0v) is 23.8. The number of anilines is 1. The molecular formula is C30H40N4O6. The van der Waals surface area contributed by atoms with Gasteiger partial charge in [0.1, 0.15) is 12.2 Å². The highest BCUT2D eigenvalue weighted by Crippen LogP contribution is 2.32. The third kappa shape index (κ3) is 7.10. The maximum Gasteiger partial charge on any atom is 0.309 e. The van der Waals surface area contributed by atoms with Gasteiger partial charge in [0, 0.05) is 54.8 Å². The van der Waals surface area contributed by atoms with Crippen LogP contribution in [0.25, 0.3) is 5.69 Å². The van der Waals surface area contributed by atoms with Gasteiger partial charge in [-0.25, -0.2) is 0 Å². The van der Waals surface area contributed by atoms with Gasteiger partial charge in [0.2, 0.25) is 0 Å². The van der Waals surface area contributed by atoms with Crippen molar-refractivity contribution < 1.29 is 28.7 Å². The van der Waals surface area contributed by atoms with Gasteiger partial charge in [-0.15, -0.1) is 0 Å². The summed E-state index contributed by atoms with van der Waals surface area (Å²) in [7, 11) is 3.70. The first kappa shape index (κ1) is 29.3. The Bertz CT molecular complexity index is 1280. The fourth-order valence-electron chi connectivity index (χ4n) is 5.85. The number of Topliss-reactive ketones (excluding diaryl/α,β-unsaturated/α-hetero) is 1. The molecule has 1 saturated carbocycles. The molecule has 10 nitrogen and oxygen atoms in total. The smallest absolute Gasteiger partial charge is 0.309 e. The van der Waals surface area contributed by atoms with Crippen molar-refractivity contribution in [1.29, 1.82) is 0 Å². The molecule has 10 heteroatoms. The Morgan fingerprint density at radius 3 is 2.52 bits per heavy atom. The maximum absolute atomic E-state index is 12.6. The molecule has 216 valence electrons. The molecule has 0 spiro atoms. The summed E-state index contributed by atoms with van der Waals surface area (Å²) in [6.45, 7) is 3.73. The Balaban J connectivity index is 1.40. The summed E-state index contributed by atoms with van der Waals surface area (Å²) < 4.78 is 13.0. The molecule has 0 radical (unpaired) electrons. The largest absolute Gasteiger partial charge is 0.462 e. The zero-order valence-electron chi connectivity index (χ0n) is 23.8. The number of hydrogen-bond acceptors (Lipinski definition) is 8.